The van der Waals surface area contributed by atoms with Gasteiger partial charge in [-0.2, -0.15) is 0 Å². The number of halogens is 2. The molecule has 2 aromatic rings. The molecular weight excluding hydrogens is 393 g/mol. The fourth-order valence-electron chi connectivity index (χ4n) is 2.35. The lowest BCUT2D eigenvalue weighted by atomic mass is 9.87. The van der Waals surface area contributed by atoms with Crippen molar-refractivity contribution in [1.82, 2.24) is 0 Å². The second kappa shape index (κ2) is 4.61. The molecule has 0 saturated heterocycles. The Morgan fingerprint density at radius 3 is 2.55 bits per heavy atom. The summed E-state index contributed by atoms with van der Waals surface area (Å²) in [5, 5.41) is 23.8. The van der Waals surface area contributed by atoms with Crippen LogP contribution in [0.15, 0.2) is 36.4 Å². The molecule has 0 radical (unpaired) electrons. The van der Waals surface area contributed by atoms with Crippen molar-refractivity contribution in [1.29, 1.82) is 0 Å². The van der Waals surface area contributed by atoms with E-state index in [4.69, 9.17) is 11.6 Å². The van der Waals surface area contributed by atoms with Crippen molar-refractivity contribution in [3.63, 3.8) is 0 Å². The summed E-state index contributed by atoms with van der Waals surface area (Å²) < 4.78 is 0.936. The summed E-state index contributed by atoms with van der Waals surface area (Å²) in [4.78, 5) is 12.2. The van der Waals surface area contributed by atoms with Gasteiger partial charge in [-0.05, 0) is 46.9 Å². The first-order valence-corrected chi connectivity index (χ1v) is 7.21. The van der Waals surface area contributed by atoms with Crippen LogP contribution in [0.25, 0.3) is 0 Å². The average Bonchev–Trinajstić information content (AvgIpc) is 2.61. The molecule has 0 saturated carbocycles. The summed E-state index contributed by atoms with van der Waals surface area (Å²) in [6.07, 6.45) is 0. The molecule has 4 nitrogen and oxygen atoms in total. The zero-order valence-corrected chi connectivity index (χ0v) is 12.9. The van der Waals surface area contributed by atoms with Crippen LogP contribution < -0.4 is 5.32 Å². The van der Waals surface area contributed by atoms with Gasteiger partial charge in [-0.15, -0.1) is 0 Å². The quantitative estimate of drug-likeness (QED) is 0.644. The van der Waals surface area contributed by atoms with Crippen LogP contribution in [0, 0.1) is 3.57 Å². The third kappa shape index (κ3) is 1.88. The van der Waals surface area contributed by atoms with E-state index in [1.807, 2.05) is 0 Å². The number of fused-ring (bicyclic) bond motifs is 1. The number of nitrogens with one attached hydrogen (secondary N) is 1. The van der Waals surface area contributed by atoms with Crippen molar-refractivity contribution in [3.05, 3.63) is 56.1 Å². The molecule has 0 fully saturated rings. The Morgan fingerprint density at radius 1 is 1.15 bits per heavy atom. The Morgan fingerprint density at radius 2 is 1.85 bits per heavy atom. The lowest BCUT2D eigenvalue weighted by molar-refractivity contribution is -0.129. The van der Waals surface area contributed by atoms with E-state index in [1.165, 1.54) is 18.2 Å². The molecule has 1 atom stereocenters. The first-order valence-electron chi connectivity index (χ1n) is 5.76. The molecular formula is C14H9ClINO3. The topological polar surface area (TPSA) is 69.6 Å². The number of amides is 1. The van der Waals surface area contributed by atoms with Gasteiger partial charge >= 0.3 is 0 Å². The first-order chi connectivity index (χ1) is 9.42. The van der Waals surface area contributed by atoms with E-state index in [9.17, 15) is 15.0 Å². The maximum Gasteiger partial charge on any atom is 0.266 e. The number of hydrogen-bond donors (Lipinski definition) is 3. The number of carbonyl (C=O) groups is 1. The fraction of sp³-hybridized carbons (Fsp3) is 0.0714. The van der Waals surface area contributed by atoms with Crippen LogP contribution in [-0.2, 0) is 10.4 Å². The van der Waals surface area contributed by atoms with Gasteiger partial charge in [0.1, 0.15) is 5.75 Å². The number of anilines is 1. The zero-order valence-electron chi connectivity index (χ0n) is 10.0. The second-order valence-corrected chi connectivity index (χ2v) is 6.20. The average molecular weight is 402 g/mol. The number of rotatable bonds is 1. The molecule has 0 bridgehead atoms. The Bertz CT molecular complexity index is 734. The van der Waals surface area contributed by atoms with Gasteiger partial charge in [-0.25, -0.2) is 0 Å². The van der Waals surface area contributed by atoms with Crippen molar-refractivity contribution in [2.45, 2.75) is 5.60 Å². The summed E-state index contributed by atoms with van der Waals surface area (Å²) in [7, 11) is 0. The van der Waals surface area contributed by atoms with Crippen molar-refractivity contribution in [3.8, 4) is 5.75 Å². The number of carbonyl (C=O) groups excluding carboxylic acids is 1. The summed E-state index contributed by atoms with van der Waals surface area (Å²) in [6.45, 7) is 0. The standard InChI is InChI=1S/C14H9ClINO3/c15-7-1-3-10(12(18)5-7)14(20)9-4-2-8(16)6-11(9)17-13(14)19/h1-6,18,20H,(H,17,19). The van der Waals surface area contributed by atoms with Gasteiger partial charge in [-0.1, -0.05) is 23.7 Å². The van der Waals surface area contributed by atoms with Crippen molar-refractivity contribution < 1.29 is 15.0 Å². The minimum absolute atomic E-state index is 0.111. The zero-order chi connectivity index (χ0) is 14.5. The molecule has 1 aliphatic rings. The molecule has 1 amide bonds. The predicted octanol–water partition coefficient (Wildman–Crippen LogP) is 2.84. The monoisotopic (exact) mass is 401 g/mol. The molecule has 6 heteroatoms. The molecule has 0 spiro atoms. The van der Waals surface area contributed by atoms with Crippen LogP contribution >= 0.6 is 34.2 Å². The van der Waals surface area contributed by atoms with Crippen LogP contribution in [0.5, 0.6) is 5.75 Å². The van der Waals surface area contributed by atoms with Crippen molar-refractivity contribution in [2.24, 2.45) is 0 Å². The molecule has 0 aromatic heterocycles. The van der Waals surface area contributed by atoms with E-state index in [2.05, 4.69) is 27.9 Å². The minimum Gasteiger partial charge on any atom is -0.507 e. The van der Waals surface area contributed by atoms with Gasteiger partial charge in [0.05, 0.1) is 0 Å². The highest BCUT2D eigenvalue weighted by Gasteiger charge is 2.48. The van der Waals surface area contributed by atoms with Crippen molar-refractivity contribution in [2.75, 3.05) is 5.32 Å². The molecule has 1 heterocycles. The Kier molecular flexibility index (Phi) is 3.15. The Labute approximate surface area is 133 Å². The van der Waals surface area contributed by atoms with Crippen molar-refractivity contribution >= 4 is 45.8 Å². The molecule has 1 aliphatic heterocycles. The van der Waals surface area contributed by atoms with Crippen LogP contribution in [0.3, 0.4) is 0 Å². The van der Waals surface area contributed by atoms with Crippen LogP contribution in [-0.4, -0.2) is 16.1 Å². The highest BCUT2D eigenvalue weighted by molar-refractivity contribution is 14.1. The van der Waals surface area contributed by atoms with Crippen LogP contribution in [0.4, 0.5) is 5.69 Å². The van der Waals surface area contributed by atoms with Gasteiger partial charge in [-0.3, -0.25) is 4.79 Å². The molecule has 0 aliphatic carbocycles. The SMILES string of the molecule is O=C1Nc2cc(I)ccc2C1(O)c1ccc(Cl)cc1O. The molecule has 3 rings (SSSR count). The Hall–Kier alpha value is -1.31. The Balaban J connectivity index is 2.24. The molecule has 3 N–H and O–H groups in total. The lowest BCUT2D eigenvalue weighted by Gasteiger charge is -2.22. The molecule has 1 unspecified atom stereocenters. The van der Waals surface area contributed by atoms with Gasteiger partial charge in [0.25, 0.3) is 5.91 Å². The number of aliphatic hydroxyl groups is 1. The first kappa shape index (κ1) is 13.7. The summed E-state index contributed by atoms with van der Waals surface area (Å²) in [5.41, 5.74) is -0.840. The van der Waals surface area contributed by atoms with Gasteiger partial charge < -0.3 is 15.5 Å². The smallest absolute Gasteiger partial charge is 0.266 e. The molecule has 102 valence electrons. The summed E-state index contributed by atoms with van der Waals surface area (Å²) in [5.74, 6) is -0.811. The summed E-state index contributed by atoms with van der Waals surface area (Å²) in [6, 6.07) is 9.49. The van der Waals surface area contributed by atoms with E-state index in [-0.39, 0.29) is 11.3 Å². The summed E-state index contributed by atoms with van der Waals surface area (Å²) >= 11 is 7.90. The molecule has 2 aromatic carbocycles. The second-order valence-electron chi connectivity index (χ2n) is 4.52. The number of hydrogen-bond acceptors (Lipinski definition) is 3. The lowest BCUT2D eigenvalue weighted by Crippen LogP contribution is -2.35. The predicted molar refractivity (Wildman–Crippen MR) is 83.9 cm³/mol. The molecule has 20 heavy (non-hydrogen) atoms. The number of benzene rings is 2. The number of phenols is 1. The third-order valence-corrected chi connectivity index (χ3v) is 4.20. The van der Waals surface area contributed by atoms with Crippen LogP contribution in [0.1, 0.15) is 11.1 Å². The van der Waals surface area contributed by atoms with Gasteiger partial charge in [0, 0.05) is 25.4 Å². The third-order valence-electron chi connectivity index (χ3n) is 3.30. The maximum absolute atomic E-state index is 12.2. The fourth-order valence-corrected chi connectivity index (χ4v) is 3.01. The highest BCUT2D eigenvalue weighted by atomic mass is 127. The number of phenolic OH excluding ortho intramolecular Hbond substituents is 1. The van der Waals surface area contributed by atoms with E-state index in [0.29, 0.717) is 16.3 Å². The van der Waals surface area contributed by atoms with E-state index >= 15 is 0 Å². The van der Waals surface area contributed by atoms with Crippen LogP contribution in [0.2, 0.25) is 5.02 Å². The van der Waals surface area contributed by atoms with Gasteiger partial charge in [0.15, 0.2) is 5.60 Å². The normalized spacial score (nSPS) is 20.6. The van der Waals surface area contributed by atoms with E-state index < -0.39 is 11.5 Å². The van der Waals surface area contributed by atoms with E-state index in [0.717, 1.165) is 3.57 Å². The highest BCUT2D eigenvalue weighted by Crippen LogP contribution is 2.44. The maximum atomic E-state index is 12.2. The van der Waals surface area contributed by atoms with E-state index in [1.54, 1.807) is 18.2 Å². The number of aromatic hydroxyl groups is 1. The van der Waals surface area contributed by atoms with Gasteiger partial charge in [0.2, 0.25) is 0 Å². The largest absolute Gasteiger partial charge is 0.507 e. The minimum atomic E-state index is -1.91.